The second kappa shape index (κ2) is 7.43. The van der Waals surface area contributed by atoms with E-state index in [4.69, 9.17) is 21.4 Å². The van der Waals surface area contributed by atoms with Gasteiger partial charge in [0.25, 0.3) is 0 Å². The molecular weight excluding hydrogens is 294 g/mol. The zero-order chi connectivity index (χ0) is 15.2. The van der Waals surface area contributed by atoms with Crippen LogP contribution < -0.4 is 0 Å². The summed E-state index contributed by atoms with van der Waals surface area (Å²) in [5.74, 6) is -0.900. The second-order valence-electron chi connectivity index (χ2n) is 5.09. The average molecular weight is 312 g/mol. The molecule has 1 aromatic carbocycles. The highest BCUT2D eigenvalue weighted by Gasteiger charge is 2.23. The number of rotatable bonds is 5. The van der Waals surface area contributed by atoms with E-state index >= 15 is 0 Å². The van der Waals surface area contributed by atoms with E-state index in [-0.39, 0.29) is 18.6 Å². The van der Waals surface area contributed by atoms with Crippen LogP contribution in [0.2, 0.25) is 5.02 Å². The average Bonchev–Trinajstić information content (AvgIpc) is 2.45. The maximum Gasteiger partial charge on any atom is 0.329 e. The molecule has 1 N–H and O–H groups in total. The number of likely N-dealkylation sites (tertiary alicyclic amines) is 1. The van der Waals surface area contributed by atoms with Gasteiger partial charge in [-0.2, -0.15) is 0 Å². The number of nitrogens with zero attached hydrogens (tertiary/aromatic N) is 1. The van der Waals surface area contributed by atoms with E-state index in [0.717, 1.165) is 5.56 Å². The molecule has 114 valence electrons. The van der Waals surface area contributed by atoms with E-state index in [0.29, 0.717) is 37.4 Å². The molecule has 1 aliphatic heterocycles. The van der Waals surface area contributed by atoms with Crippen molar-refractivity contribution in [2.24, 2.45) is 0 Å². The number of benzene rings is 1. The number of amides is 1. The lowest BCUT2D eigenvalue weighted by atomic mass is 10.1. The van der Waals surface area contributed by atoms with E-state index < -0.39 is 5.97 Å². The summed E-state index contributed by atoms with van der Waals surface area (Å²) in [5.41, 5.74) is 0.900. The number of halogens is 1. The van der Waals surface area contributed by atoms with Crippen molar-refractivity contribution in [3.8, 4) is 0 Å². The third-order valence-electron chi connectivity index (χ3n) is 3.48. The van der Waals surface area contributed by atoms with E-state index in [1.807, 2.05) is 12.1 Å². The molecule has 0 atom stereocenters. The first-order chi connectivity index (χ1) is 10.0. The SMILES string of the molecule is O=C(O)COC1CCN(C(=O)Cc2cccc(Cl)c2)CC1. The Morgan fingerprint density at radius 1 is 1.33 bits per heavy atom. The monoisotopic (exact) mass is 311 g/mol. The Morgan fingerprint density at radius 3 is 2.67 bits per heavy atom. The van der Waals surface area contributed by atoms with Gasteiger partial charge in [0.2, 0.25) is 5.91 Å². The number of ether oxygens (including phenoxy) is 1. The molecule has 0 radical (unpaired) electrons. The fourth-order valence-electron chi connectivity index (χ4n) is 2.39. The Kier molecular flexibility index (Phi) is 5.59. The molecule has 1 aliphatic rings. The highest BCUT2D eigenvalue weighted by Crippen LogP contribution is 2.16. The van der Waals surface area contributed by atoms with Gasteiger partial charge in [0.1, 0.15) is 6.61 Å². The predicted octanol–water partition coefficient (Wildman–Crippen LogP) is 1.97. The van der Waals surface area contributed by atoms with Crippen LogP contribution in [0.5, 0.6) is 0 Å². The highest BCUT2D eigenvalue weighted by molar-refractivity contribution is 6.30. The molecule has 0 unspecified atom stereocenters. The molecule has 0 saturated carbocycles. The van der Waals surface area contributed by atoms with E-state index in [1.165, 1.54) is 0 Å². The minimum Gasteiger partial charge on any atom is -0.480 e. The molecule has 1 heterocycles. The number of hydrogen-bond donors (Lipinski definition) is 1. The van der Waals surface area contributed by atoms with Crippen LogP contribution >= 0.6 is 11.6 Å². The summed E-state index contributed by atoms with van der Waals surface area (Å²) in [6.45, 7) is 0.925. The third-order valence-corrected chi connectivity index (χ3v) is 3.72. The summed E-state index contributed by atoms with van der Waals surface area (Å²) < 4.78 is 5.25. The number of piperidine rings is 1. The maximum absolute atomic E-state index is 12.2. The van der Waals surface area contributed by atoms with Crippen LogP contribution in [0.4, 0.5) is 0 Å². The van der Waals surface area contributed by atoms with Crippen molar-refractivity contribution in [3.63, 3.8) is 0 Å². The van der Waals surface area contributed by atoms with Crippen molar-refractivity contribution in [1.29, 1.82) is 0 Å². The molecule has 0 aromatic heterocycles. The minimum absolute atomic E-state index is 0.0638. The van der Waals surface area contributed by atoms with Crippen molar-refractivity contribution >= 4 is 23.5 Å². The van der Waals surface area contributed by atoms with E-state index in [2.05, 4.69) is 0 Å². The zero-order valence-corrected chi connectivity index (χ0v) is 12.4. The smallest absolute Gasteiger partial charge is 0.329 e. The first-order valence-corrected chi connectivity index (χ1v) is 7.28. The standard InChI is InChI=1S/C15H18ClNO4/c16-12-3-1-2-11(8-12)9-14(18)17-6-4-13(5-7-17)21-10-15(19)20/h1-3,8,13H,4-7,9-10H2,(H,19,20). The van der Waals surface area contributed by atoms with Crippen molar-refractivity contribution < 1.29 is 19.4 Å². The first-order valence-electron chi connectivity index (χ1n) is 6.90. The van der Waals surface area contributed by atoms with Crippen LogP contribution in [-0.2, 0) is 20.7 Å². The Balaban J connectivity index is 1.79. The van der Waals surface area contributed by atoms with Crippen LogP contribution in [0.15, 0.2) is 24.3 Å². The maximum atomic E-state index is 12.2. The Hall–Kier alpha value is -1.59. The molecule has 6 heteroatoms. The Labute approximate surface area is 128 Å². The second-order valence-corrected chi connectivity index (χ2v) is 5.53. The van der Waals surface area contributed by atoms with Crippen LogP contribution in [0.1, 0.15) is 18.4 Å². The number of aliphatic carboxylic acids is 1. The molecule has 2 rings (SSSR count). The fraction of sp³-hybridized carbons (Fsp3) is 0.467. The summed E-state index contributed by atoms with van der Waals surface area (Å²) in [6, 6.07) is 7.28. The lowest BCUT2D eigenvalue weighted by Crippen LogP contribution is -2.41. The summed E-state index contributed by atoms with van der Waals surface area (Å²) in [6.07, 6.45) is 1.61. The highest BCUT2D eigenvalue weighted by atomic mass is 35.5. The molecule has 1 fully saturated rings. The molecule has 1 saturated heterocycles. The molecule has 5 nitrogen and oxygen atoms in total. The van der Waals surface area contributed by atoms with Gasteiger partial charge < -0.3 is 14.7 Å². The topological polar surface area (TPSA) is 66.8 Å². The van der Waals surface area contributed by atoms with Gasteiger partial charge in [-0.15, -0.1) is 0 Å². The van der Waals surface area contributed by atoms with Gasteiger partial charge in [0, 0.05) is 18.1 Å². The molecule has 1 amide bonds. The first kappa shape index (κ1) is 15.8. The largest absolute Gasteiger partial charge is 0.480 e. The minimum atomic E-state index is -0.963. The lowest BCUT2D eigenvalue weighted by molar-refractivity contribution is -0.146. The number of carbonyl (C=O) groups is 2. The van der Waals surface area contributed by atoms with Crippen molar-refractivity contribution in [1.82, 2.24) is 4.90 Å². The predicted molar refractivity (Wildman–Crippen MR) is 78.3 cm³/mol. The van der Waals surface area contributed by atoms with Gasteiger partial charge in [-0.1, -0.05) is 23.7 Å². The molecule has 0 spiro atoms. The summed E-state index contributed by atoms with van der Waals surface area (Å²) in [4.78, 5) is 24.4. The zero-order valence-electron chi connectivity index (χ0n) is 11.6. The molecule has 1 aromatic rings. The molecule has 0 bridgehead atoms. The van der Waals surface area contributed by atoms with Crippen LogP contribution in [0, 0.1) is 0 Å². The van der Waals surface area contributed by atoms with Gasteiger partial charge in [0.05, 0.1) is 12.5 Å². The van der Waals surface area contributed by atoms with Crippen LogP contribution in [0.3, 0.4) is 0 Å². The Bertz CT molecular complexity index is 512. The number of carboxylic acid groups (broad SMARTS) is 1. The number of carboxylic acids is 1. The molecular formula is C15H18ClNO4. The van der Waals surface area contributed by atoms with Crippen molar-refractivity contribution in [2.45, 2.75) is 25.4 Å². The number of carbonyl (C=O) groups excluding carboxylic acids is 1. The van der Waals surface area contributed by atoms with Gasteiger partial charge in [0.15, 0.2) is 0 Å². The van der Waals surface area contributed by atoms with Gasteiger partial charge in [-0.25, -0.2) is 4.79 Å². The van der Waals surface area contributed by atoms with Gasteiger partial charge in [-0.05, 0) is 30.5 Å². The normalized spacial score (nSPS) is 16.0. The van der Waals surface area contributed by atoms with E-state index in [1.54, 1.807) is 17.0 Å². The summed E-state index contributed by atoms with van der Waals surface area (Å²) >= 11 is 5.90. The number of hydrogen-bond acceptors (Lipinski definition) is 3. The van der Waals surface area contributed by atoms with Crippen molar-refractivity contribution in [3.05, 3.63) is 34.9 Å². The summed E-state index contributed by atoms with van der Waals surface area (Å²) in [5, 5.41) is 9.20. The van der Waals surface area contributed by atoms with E-state index in [9.17, 15) is 9.59 Å². The third kappa shape index (κ3) is 5.02. The van der Waals surface area contributed by atoms with Crippen LogP contribution in [0.25, 0.3) is 0 Å². The van der Waals surface area contributed by atoms with Crippen LogP contribution in [-0.4, -0.2) is 47.7 Å². The molecule has 0 aliphatic carbocycles. The lowest BCUT2D eigenvalue weighted by Gasteiger charge is -2.31. The van der Waals surface area contributed by atoms with Gasteiger partial charge >= 0.3 is 5.97 Å². The fourth-order valence-corrected chi connectivity index (χ4v) is 2.61. The quantitative estimate of drug-likeness (QED) is 0.903. The molecule has 21 heavy (non-hydrogen) atoms. The van der Waals surface area contributed by atoms with Crippen molar-refractivity contribution in [2.75, 3.05) is 19.7 Å². The van der Waals surface area contributed by atoms with Gasteiger partial charge in [-0.3, -0.25) is 4.79 Å². The Morgan fingerprint density at radius 2 is 2.05 bits per heavy atom. The summed E-state index contributed by atoms with van der Waals surface area (Å²) in [7, 11) is 0.